The van der Waals surface area contributed by atoms with Crippen LogP contribution in [0.2, 0.25) is 0 Å². The molecule has 0 aliphatic heterocycles. The van der Waals surface area contributed by atoms with Crippen LogP contribution in [0.5, 0.6) is 0 Å². The molecule has 2 aromatic carbocycles. The zero-order valence-electron chi connectivity index (χ0n) is 20.6. The number of fused-ring (bicyclic) bond motifs is 1. The van der Waals surface area contributed by atoms with E-state index in [-0.39, 0.29) is 17.5 Å². The molecule has 3 N–H and O–H groups in total. The average Bonchev–Trinajstić information content (AvgIpc) is 3.06. The van der Waals surface area contributed by atoms with Crippen LogP contribution in [0.15, 0.2) is 48.5 Å². The molecular formula is C29H34N4O2. The molecule has 7 rings (SSSR count). The lowest BCUT2D eigenvalue weighted by atomic mass is 9.53. The second-order valence-corrected chi connectivity index (χ2v) is 11.2. The van der Waals surface area contributed by atoms with E-state index < -0.39 is 0 Å². The molecule has 35 heavy (non-hydrogen) atoms. The molecule has 4 fully saturated rings. The van der Waals surface area contributed by atoms with Crippen LogP contribution in [0.25, 0.3) is 10.9 Å². The molecule has 4 saturated carbocycles. The number of nitrogens with zero attached hydrogens (tertiary/aromatic N) is 1. The van der Waals surface area contributed by atoms with Gasteiger partial charge in [-0.2, -0.15) is 0 Å². The van der Waals surface area contributed by atoms with Crippen molar-refractivity contribution in [1.82, 2.24) is 20.7 Å². The normalized spacial score (nSPS) is 26.6. The summed E-state index contributed by atoms with van der Waals surface area (Å²) in [5.74, 6) is 1.96. The minimum absolute atomic E-state index is 0.0845. The van der Waals surface area contributed by atoms with Gasteiger partial charge >= 0.3 is 6.03 Å². The maximum Gasteiger partial charge on any atom is 0.333 e. The summed E-state index contributed by atoms with van der Waals surface area (Å²) in [7, 11) is 0. The van der Waals surface area contributed by atoms with Gasteiger partial charge in [-0.15, -0.1) is 0 Å². The van der Waals surface area contributed by atoms with Crippen molar-refractivity contribution < 1.29 is 9.59 Å². The molecule has 0 radical (unpaired) electrons. The van der Waals surface area contributed by atoms with Gasteiger partial charge in [-0.05, 0) is 99.5 Å². The van der Waals surface area contributed by atoms with Crippen molar-refractivity contribution in [1.29, 1.82) is 0 Å². The highest BCUT2D eigenvalue weighted by Crippen LogP contribution is 2.55. The van der Waals surface area contributed by atoms with Crippen LogP contribution in [0.3, 0.4) is 0 Å². The Morgan fingerprint density at radius 3 is 2.23 bits per heavy atom. The van der Waals surface area contributed by atoms with Gasteiger partial charge in [-0.1, -0.05) is 30.3 Å². The third kappa shape index (κ3) is 4.09. The van der Waals surface area contributed by atoms with E-state index in [4.69, 9.17) is 0 Å². The van der Waals surface area contributed by atoms with E-state index in [1.54, 1.807) is 0 Å². The lowest BCUT2D eigenvalue weighted by Gasteiger charge is -2.56. The molecule has 0 saturated heterocycles. The zero-order chi connectivity index (χ0) is 24.2. The number of hydrazine groups is 1. The van der Waals surface area contributed by atoms with E-state index in [1.807, 2.05) is 24.3 Å². The highest BCUT2D eigenvalue weighted by Gasteiger charge is 2.51. The highest BCUT2D eigenvalue weighted by molar-refractivity contribution is 5.99. The molecule has 3 aromatic rings. The van der Waals surface area contributed by atoms with Gasteiger partial charge < -0.3 is 9.88 Å². The van der Waals surface area contributed by atoms with Gasteiger partial charge in [0.1, 0.15) is 0 Å². The summed E-state index contributed by atoms with van der Waals surface area (Å²) in [5.41, 5.74) is 10.4. The van der Waals surface area contributed by atoms with Gasteiger partial charge in [0, 0.05) is 34.2 Å². The smallest absolute Gasteiger partial charge is 0.333 e. The van der Waals surface area contributed by atoms with Crippen LogP contribution in [0.1, 0.15) is 65.7 Å². The molecule has 0 atom stereocenters. The molecule has 182 valence electrons. The van der Waals surface area contributed by atoms with Crippen LogP contribution >= 0.6 is 0 Å². The Hall–Kier alpha value is -3.28. The number of benzene rings is 2. The molecule has 0 unspecified atom stereocenters. The van der Waals surface area contributed by atoms with Gasteiger partial charge in [0.25, 0.3) is 5.91 Å². The minimum Gasteiger partial charge on any atom is -0.340 e. The number of nitrogens with one attached hydrogen (secondary N) is 3. The number of aryl methyl sites for hydroxylation is 1. The first-order valence-corrected chi connectivity index (χ1v) is 12.9. The van der Waals surface area contributed by atoms with Crippen molar-refractivity contribution in [2.75, 3.05) is 0 Å². The predicted octanol–water partition coefficient (Wildman–Crippen LogP) is 5.22. The third-order valence-electron chi connectivity index (χ3n) is 8.79. The Kier molecular flexibility index (Phi) is 5.35. The fraction of sp³-hybridized carbons (Fsp3) is 0.448. The fourth-order valence-corrected chi connectivity index (χ4v) is 7.48. The van der Waals surface area contributed by atoms with Crippen molar-refractivity contribution >= 4 is 22.8 Å². The highest BCUT2D eigenvalue weighted by atomic mass is 16.2. The largest absolute Gasteiger partial charge is 0.340 e. The maximum atomic E-state index is 12.9. The third-order valence-corrected chi connectivity index (χ3v) is 8.79. The van der Waals surface area contributed by atoms with Crippen molar-refractivity contribution in [2.24, 2.45) is 17.8 Å². The molecule has 6 nitrogen and oxygen atoms in total. The first-order valence-electron chi connectivity index (χ1n) is 12.9. The Morgan fingerprint density at radius 1 is 0.914 bits per heavy atom. The zero-order valence-corrected chi connectivity index (χ0v) is 20.6. The van der Waals surface area contributed by atoms with E-state index in [0.717, 1.165) is 60.0 Å². The fourth-order valence-electron chi connectivity index (χ4n) is 7.48. The van der Waals surface area contributed by atoms with Crippen molar-refractivity contribution in [3.05, 3.63) is 70.9 Å². The predicted molar refractivity (Wildman–Crippen MR) is 137 cm³/mol. The number of carbonyl (C=O) groups excluding carboxylic acids is 2. The standard InChI is InChI=1S/C29H34N4O2/c1-18-19(2)33(17-20-6-4-3-5-7-20)26-9-8-24(13-25(18)26)27(34)31-32-28(35)30-29-14-21-10-22(15-29)12-23(11-21)16-29/h3-9,13,21-23H,10-12,14-17H2,1-2H3,(H,31,34)(H2,30,32,35). The van der Waals surface area contributed by atoms with E-state index in [0.29, 0.717) is 5.56 Å². The number of hydrogen-bond donors (Lipinski definition) is 3. The SMILES string of the molecule is Cc1c(C)n(Cc2ccccc2)c2ccc(C(=O)NNC(=O)NC34CC5CC(CC(C5)C3)C4)cc12. The average molecular weight is 471 g/mol. The summed E-state index contributed by atoms with van der Waals surface area (Å²) in [4.78, 5) is 25.6. The van der Waals surface area contributed by atoms with Gasteiger partial charge in [0.05, 0.1) is 0 Å². The van der Waals surface area contributed by atoms with Crippen molar-refractivity contribution in [3.63, 3.8) is 0 Å². The lowest BCUT2D eigenvalue weighted by molar-refractivity contribution is -0.0137. The lowest BCUT2D eigenvalue weighted by Crippen LogP contribution is -2.62. The summed E-state index contributed by atoms with van der Waals surface area (Å²) in [5, 5.41) is 4.30. The van der Waals surface area contributed by atoms with Crippen LogP contribution in [-0.2, 0) is 6.54 Å². The second-order valence-electron chi connectivity index (χ2n) is 11.2. The summed E-state index contributed by atoms with van der Waals surface area (Å²) in [6.07, 6.45) is 7.22. The van der Waals surface area contributed by atoms with Crippen LogP contribution in [0, 0.1) is 31.6 Å². The molecule has 0 spiro atoms. The summed E-state index contributed by atoms with van der Waals surface area (Å²) in [6.45, 7) is 5.00. The summed E-state index contributed by atoms with van der Waals surface area (Å²) in [6, 6.07) is 15.8. The van der Waals surface area contributed by atoms with E-state index in [2.05, 4.69) is 58.8 Å². The topological polar surface area (TPSA) is 75.2 Å². The van der Waals surface area contributed by atoms with Crippen LogP contribution in [-0.4, -0.2) is 22.0 Å². The van der Waals surface area contributed by atoms with Crippen molar-refractivity contribution in [3.8, 4) is 0 Å². The summed E-state index contributed by atoms with van der Waals surface area (Å²) >= 11 is 0. The maximum absolute atomic E-state index is 12.9. The molecule has 3 amide bonds. The molecule has 1 heterocycles. The van der Waals surface area contributed by atoms with E-state index >= 15 is 0 Å². The first kappa shape index (κ1) is 22.2. The Balaban J connectivity index is 1.13. The Morgan fingerprint density at radius 2 is 1.57 bits per heavy atom. The number of urea groups is 1. The number of carbonyl (C=O) groups is 2. The Labute approximate surface area is 206 Å². The first-order chi connectivity index (χ1) is 16.9. The van der Waals surface area contributed by atoms with Crippen LogP contribution in [0.4, 0.5) is 4.79 Å². The van der Waals surface area contributed by atoms with Crippen LogP contribution < -0.4 is 16.2 Å². The van der Waals surface area contributed by atoms with E-state index in [1.165, 1.54) is 30.5 Å². The monoisotopic (exact) mass is 470 g/mol. The number of rotatable bonds is 4. The molecule has 1 aromatic heterocycles. The summed E-state index contributed by atoms with van der Waals surface area (Å²) < 4.78 is 2.29. The van der Waals surface area contributed by atoms with Gasteiger partial charge in [-0.25, -0.2) is 10.2 Å². The number of amides is 3. The molecule has 6 heteroatoms. The molecule has 4 aliphatic carbocycles. The molecule has 4 bridgehead atoms. The Bertz CT molecular complexity index is 1260. The minimum atomic E-state index is -0.305. The molecule has 4 aliphatic rings. The number of aromatic nitrogens is 1. The van der Waals surface area contributed by atoms with Gasteiger partial charge in [0.15, 0.2) is 0 Å². The second kappa shape index (κ2) is 8.43. The van der Waals surface area contributed by atoms with Crippen molar-refractivity contribution in [2.45, 2.75) is 64.5 Å². The molecular weight excluding hydrogens is 436 g/mol. The quantitative estimate of drug-likeness (QED) is 0.458. The van der Waals surface area contributed by atoms with Gasteiger partial charge in [-0.3, -0.25) is 10.2 Å². The van der Waals surface area contributed by atoms with E-state index in [9.17, 15) is 9.59 Å². The number of hydrogen-bond acceptors (Lipinski definition) is 2. The van der Waals surface area contributed by atoms with Gasteiger partial charge in [0.2, 0.25) is 0 Å².